The molecular formula is C8H16ClF2N. The van der Waals surface area contributed by atoms with Crippen LogP contribution in [0.3, 0.4) is 0 Å². The predicted octanol–water partition coefficient (Wildman–Crippen LogP) is 2.89. The summed E-state index contributed by atoms with van der Waals surface area (Å²) in [4.78, 5) is 0. The van der Waals surface area contributed by atoms with Crippen LogP contribution in [0, 0.1) is 0 Å². The van der Waals surface area contributed by atoms with Gasteiger partial charge in [0.15, 0.2) is 0 Å². The highest BCUT2D eigenvalue weighted by atomic mass is 35.5. The van der Waals surface area contributed by atoms with Crippen molar-refractivity contribution in [3.63, 3.8) is 0 Å². The predicted molar refractivity (Wildman–Crippen MR) is 47.9 cm³/mol. The molecule has 74 valence electrons. The quantitative estimate of drug-likeness (QED) is 0.619. The smallest absolute Gasteiger partial charge is 0.121 e. The molecule has 0 radical (unpaired) electrons. The summed E-state index contributed by atoms with van der Waals surface area (Å²) < 4.78 is 26.1. The van der Waals surface area contributed by atoms with Gasteiger partial charge in [-0.25, -0.2) is 4.39 Å². The second-order valence-electron chi connectivity index (χ2n) is 3.77. The van der Waals surface area contributed by atoms with Gasteiger partial charge in [-0.3, -0.25) is 0 Å². The summed E-state index contributed by atoms with van der Waals surface area (Å²) in [6.45, 7) is 5.10. The van der Waals surface area contributed by atoms with Gasteiger partial charge in [-0.15, -0.1) is 22.0 Å². The monoisotopic (exact) mass is 199 g/mol. The van der Waals surface area contributed by atoms with Crippen molar-refractivity contribution < 1.29 is 8.87 Å². The van der Waals surface area contributed by atoms with Crippen molar-refractivity contribution in [3.05, 3.63) is 0 Å². The Morgan fingerprint density at radius 2 is 2.00 bits per heavy atom. The van der Waals surface area contributed by atoms with E-state index >= 15 is 0 Å². The fourth-order valence-electron chi connectivity index (χ4n) is 1.50. The van der Waals surface area contributed by atoms with Crippen LogP contribution in [0.4, 0.5) is 8.87 Å². The van der Waals surface area contributed by atoms with Gasteiger partial charge in [-0.05, 0) is 33.6 Å². The van der Waals surface area contributed by atoms with Gasteiger partial charge in [0.2, 0.25) is 0 Å². The first-order valence-corrected chi connectivity index (χ1v) is 4.07. The Bertz CT molecular complexity index is 154. The summed E-state index contributed by atoms with van der Waals surface area (Å²) in [6.07, 6.45) is 0.141. The van der Waals surface area contributed by atoms with Crippen LogP contribution < -0.4 is 0 Å². The number of hydrogen-bond acceptors (Lipinski definition) is 1. The van der Waals surface area contributed by atoms with E-state index < -0.39 is 11.7 Å². The Labute approximate surface area is 78.5 Å². The highest BCUT2D eigenvalue weighted by Crippen LogP contribution is 2.41. The van der Waals surface area contributed by atoms with E-state index in [4.69, 9.17) is 0 Å². The molecule has 1 nitrogen and oxygen atoms in total. The van der Waals surface area contributed by atoms with Crippen LogP contribution in [-0.2, 0) is 0 Å². The van der Waals surface area contributed by atoms with Crippen molar-refractivity contribution in [2.45, 2.75) is 51.4 Å². The van der Waals surface area contributed by atoms with Crippen LogP contribution >= 0.6 is 12.4 Å². The molecule has 0 amide bonds. The Morgan fingerprint density at radius 3 is 2.08 bits per heavy atom. The normalized spacial score (nSPS) is 34.8. The maximum absolute atomic E-state index is 13.2. The van der Waals surface area contributed by atoms with Crippen LogP contribution in [0.2, 0.25) is 0 Å². The summed E-state index contributed by atoms with van der Waals surface area (Å²) in [7, 11) is 0. The summed E-state index contributed by atoms with van der Waals surface area (Å²) >= 11 is 0. The number of rotatable bonds is 2. The summed E-state index contributed by atoms with van der Waals surface area (Å²) in [5.41, 5.74) is -0.839. The van der Waals surface area contributed by atoms with E-state index in [0.717, 1.165) is 0 Å². The number of hydrogen-bond donors (Lipinski definition) is 0. The van der Waals surface area contributed by atoms with Crippen molar-refractivity contribution in [1.29, 1.82) is 0 Å². The second-order valence-corrected chi connectivity index (χ2v) is 3.77. The van der Waals surface area contributed by atoms with Gasteiger partial charge in [0.1, 0.15) is 6.17 Å². The molecule has 0 aromatic rings. The molecular weight excluding hydrogens is 184 g/mol. The molecule has 0 spiro atoms. The second kappa shape index (κ2) is 3.88. The average Bonchev–Trinajstić information content (AvgIpc) is 1.98. The molecule has 2 atom stereocenters. The molecule has 0 aromatic carbocycles. The molecule has 1 aliphatic carbocycles. The zero-order valence-corrected chi connectivity index (χ0v) is 8.50. The first-order chi connectivity index (χ1) is 4.98. The highest BCUT2D eigenvalue weighted by molar-refractivity contribution is 5.85. The van der Waals surface area contributed by atoms with Crippen LogP contribution in [-0.4, -0.2) is 22.9 Å². The lowest BCUT2D eigenvalue weighted by Gasteiger charge is -2.47. The fraction of sp³-hybridized carbons (Fsp3) is 1.00. The standard InChI is InChI=1S/C8H15F2N.ClH/c1-6(2)11(10)8(3)5-4-7(8)9;/h6-7H,4-5H2,1-3H3;1H. The van der Waals surface area contributed by atoms with E-state index in [1.54, 1.807) is 20.8 Å². The van der Waals surface area contributed by atoms with Crippen LogP contribution in [0.25, 0.3) is 0 Å². The maximum Gasteiger partial charge on any atom is 0.121 e. The van der Waals surface area contributed by atoms with Crippen molar-refractivity contribution in [1.82, 2.24) is 5.12 Å². The minimum Gasteiger partial charge on any atom is -0.245 e. The maximum atomic E-state index is 13.2. The Kier molecular flexibility index (Phi) is 3.91. The van der Waals surface area contributed by atoms with Crippen molar-refractivity contribution in [2.75, 3.05) is 0 Å². The molecule has 0 aliphatic heterocycles. The lowest BCUT2D eigenvalue weighted by atomic mass is 9.76. The van der Waals surface area contributed by atoms with Gasteiger partial charge >= 0.3 is 0 Å². The van der Waals surface area contributed by atoms with Gasteiger partial charge in [-0.1, -0.05) is 0 Å². The molecule has 4 heteroatoms. The third-order valence-corrected chi connectivity index (χ3v) is 2.52. The van der Waals surface area contributed by atoms with E-state index in [1.165, 1.54) is 0 Å². The minimum absolute atomic E-state index is 0. The molecule has 2 unspecified atom stereocenters. The Balaban J connectivity index is 0.00000121. The lowest BCUT2D eigenvalue weighted by Crippen LogP contribution is -2.58. The summed E-state index contributed by atoms with van der Waals surface area (Å²) in [5, 5.41) is 0.640. The van der Waals surface area contributed by atoms with Crippen LogP contribution in [0.5, 0.6) is 0 Å². The SMILES string of the molecule is CC(C)N(F)C1(C)CCC1F.Cl. The zero-order chi connectivity index (χ0) is 8.65. The topological polar surface area (TPSA) is 3.24 Å². The number of alkyl halides is 1. The van der Waals surface area contributed by atoms with E-state index in [9.17, 15) is 8.87 Å². The van der Waals surface area contributed by atoms with E-state index in [0.29, 0.717) is 18.0 Å². The van der Waals surface area contributed by atoms with Crippen LogP contribution in [0.1, 0.15) is 33.6 Å². The number of nitrogens with zero attached hydrogens (tertiary/aromatic N) is 1. The molecule has 0 saturated heterocycles. The van der Waals surface area contributed by atoms with Gasteiger partial charge in [-0.2, -0.15) is 0 Å². The third-order valence-electron chi connectivity index (χ3n) is 2.52. The third kappa shape index (κ3) is 1.72. The van der Waals surface area contributed by atoms with Crippen molar-refractivity contribution >= 4 is 12.4 Å². The molecule has 0 N–H and O–H groups in total. The lowest BCUT2D eigenvalue weighted by molar-refractivity contribution is -0.173. The highest BCUT2D eigenvalue weighted by Gasteiger charge is 2.49. The molecule has 1 aliphatic rings. The van der Waals surface area contributed by atoms with E-state index in [2.05, 4.69) is 0 Å². The molecule has 0 heterocycles. The molecule has 1 rings (SSSR count). The van der Waals surface area contributed by atoms with Gasteiger partial charge < -0.3 is 0 Å². The molecule has 12 heavy (non-hydrogen) atoms. The summed E-state index contributed by atoms with van der Waals surface area (Å²) in [5.74, 6) is 0. The Hall–Kier alpha value is 0.110. The fourth-order valence-corrected chi connectivity index (χ4v) is 1.50. The molecule has 1 fully saturated rings. The van der Waals surface area contributed by atoms with Crippen molar-refractivity contribution in [2.24, 2.45) is 0 Å². The van der Waals surface area contributed by atoms with Gasteiger partial charge in [0.05, 0.1) is 5.54 Å². The number of halogens is 3. The first kappa shape index (κ1) is 12.1. The van der Waals surface area contributed by atoms with Gasteiger partial charge in [0, 0.05) is 6.04 Å². The average molecular weight is 200 g/mol. The Morgan fingerprint density at radius 1 is 1.50 bits per heavy atom. The van der Waals surface area contributed by atoms with Crippen LogP contribution in [0.15, 0.2) is 0 Å². The van der Waals surface area contributed by atoms with E-state index in [-0.39, 0.29) is 18.4 Å². The largest absolute Gasteiger partial charge is 0.245 e. The van der Waals surface area contributed by atoms with Gasteiger partial charge in [0.25, 0.3) is 0 Å². The molecule has 0 bridgehead atoms. The minimum atomic E-state index is -0.991. The molecule has 1 saturated carbocycles. The molecule has 0 aromatic heterocycles. The van der Waals surface area contributed by atoms with Crippen molar-refractivity contribution in [3.8, 4) is 0 Å². The summed E-state index contributed by atoms with van der Waals surface area (Å²) in [6, 6.07) is -0.224. The first-order valence-electron chi connectivity index (χ1n) is 4.07. The zero-order valence-electron chi connectivity index (χ0n) is 7.68. The van der Waals surface area contributed by atoms with E-state index in [1.807, 2.05) is 0 Å².